The van der Waals surface area contributed by atoms with Gasteiger partial charge in [-0.3, -0.25) is 9.20 Å². The molecular formula is C21H19ClN6O3. The van der Waals surface area contributed by atoms with Crippen molar-refractivity contribution in [2.24, 2.45) is 0 Å². The zero-order valence-electron chi connectivity index (χ0n) is 16.8. The zero-order chi connectivity index (χ0) is 21.5. The van der Waals surface area contributed by atoms with E-state index in [2.05, 4.69) is 21.2 Å². The lowest BCUT2D eigenvalue weighted by molar-refractivity contribution is 0.187. The van der Waals surface area contributed by atoms with Crippen LogP contribution in [0.4, 0.5) is 0 Å². The normalized spacial score (nSPS) is 14.6. The number of halogens is 1. The van der Waals surface area contributed by atoms with Crippen LogP contribution in [0.25, 0.3) is 28.1 Å². The Morgan fingerprint density at radius 2 is 2.13 bits per heavy atom. The predicted octanol–water partition coefficient (Wildman–Crippen LogP) is 3.53. The molecule has 3 heterocycles. The molecule has 9 nitrogen and oxygen atoms in total. The summed E-state index contributed by atoms with van der Waals surface area (Å²) in [5.74, 6) is 1.14. The summed E-state index contributed by atoms with van der Waals surface area (Å²) in [4.78, 5) is 22.5. The van der Waals surface area contributed by atoms with Crippen molar-refractivity contribution >= 4 is 28.2 Å². The number of aromatic nitrogens is 5. The molecule has 3 aromatic heterocycles. The van der Waals surface area contributed by atoms with Gasteiger partial charge in [0.1, 0.15) is 23.6 Å². The fourth-order valence-electron chi connectivity index (χ4n) is 4.32. The Morgan fingerprint density at radius 1 is 1.32 bits per heavy atom. The van der Waals surface area contributed by atoms with Crippen molar-refractivity contribution in [3.63, 3.8) is 0 Å². The molecule has 1 fully saturated rings. The van der Waals surface area contributed by atoms with Gasteiger partial charge in [0, 0.05) is 19.6 Å². The monoisotopic (exact) mass is 438 g/mol. The molecule has 1 saturated carbocycles. The van der Waals surface area contributed by atoms with Gasteiger partial charge in [-0.1, -0.05) is 29.6 Å². The van der Waals surface area contributed by atoms with Crippen LogP contribution in [0, 0.1) is 11.3 Å². The molecule has 0 amide bonds. The number of imidazole rings is 1. The maximum atomic E-state index is 13.6. The largest absolute Gasteiger partial charge is 0.383 e. The molecule has 0 atom stereocenters. The predicted molar refractivity (Wildman–Crippen MR) is 113 cm³/mol. The van der Waals surface area contributed by atoms with Crippen LogP contribution in [0.1, 0.15) is 43.1 Å². The fraction of sp³-hybridized carbons (Fsp3) is 0.381. The fourth-order valence-corrected chi connectivity index (χ4v) is 4.52. The number of rotatable bonds is 5. The summed E-state index contributed by atoms with van der Waals surface area (Å²) in [7, 11) is 1.55. The number of nitriles is 1. The van der Waals surface area contributed by atoms with Crippen molar-refractivity contribution in [3.05, 3.63) is 45.3 Å². The van der Waals surface area contributed by atoms with E-state index in [0.717, 1.165) is 25.7 Å². The molecule has 0 spiro atoms. The summed E-state index contributed by atoms with van der Waals surface area (Å²) >= 11 is 6.25. The first-order chi connectivity index (χ1) is 15.1. The number of benzene rings is 1. The highest BCUT2D eigenvalue weighted by Crippen LogP contribution is 2.34. The van der Waals surface area contributed by atoms with E-state index in [1.165, 1.54) is 10.9 Å². The Kier molecular flexibility index (Phi) is 4.96. The van der Waals surface area contributed by atoms with E-state index in [4.69, 9.17) is 20.9 Å². The molecule has 0 saturated heterocycles. The Bertz CT molecular complexity index is 1390. The number of ether oxygens (including phenoxy) is 1. The second-order valence-electron chi connectivity index (χ2n) is 7.60. The molecular weight excluding hydrogens is 420 g/mol. The average Bonchev–Trinajstić information content (AvgIpc) is 3.53. The molecule has 1 aromatic carbocycles. The summed E-state index contributed by atoms with van der Waals surface area (Å²) in [5, 5.41) is 14.1. The number of methoxy groups -OCH3 is 1. The second-order valence-corrected chi connectivity index (χ2v) is 8.01. The van der Waals surface area contributed by atoms with Gasteiger partial charge in [0.25, 0.3) is 5.56 Å². The van der Waals surface area contributed by atoms with E-state index in [1.54, 1.807) is 23.6 Å². The standard InChI is InChI=1S/C21H19ClN6O3/c1-30-9-8-27-17-13(10-23)14(22)6-7-15(17)28-11-24-16(18(28)21(27)29)19-25-20(31-26-19)12-4-2-3-5-12/h6-7,11-12H,2-5,8-9H2,1H3. The van der Waals surface area contributed by atoms with Crippen molar-refractivity contribution in [3.8, 4) is 17.6 Å². The Hall–Kier alpha value is -3.22. The molecule has 31 heavy (non-hydrogen) atoms. The molecule has 5 rings (SSSR count). The van der Waals surface area contributed by atoms with Crippen LogP contribution in [0.2, 0.25) is 5.02 Å². The first kappa shape index (κ1) is 19.7. The SMILES string of the molecule is COCCn1c(=O)c2c(-c3noc(C4CCCC4)n3)ncn2c2ccc(Cl)c(C#N)c21. The van der Waals surface area contributed by atoms with Crippen LogP contribution >= 0.6 is 11.6 Å². The molecule has 1 aliphatic rings. The third-order valence-electron chi connectivity index (χ3n) is 5.84. The van der Waals surface area contributed by atoms with Crippen molar-refractivity contribution in [1.29, 1.82) is 5.26 Å². The van der Waals surface area contributed by atoms with Gasteiger partial charge < -0.3 is 13.8 Å². The molecule has 0 radical (unpaired) electrons. The van der Waals surface area contributed by atoms with Gasteiger partial charge >= 0.3 is 0 Å². The lowest BCUT2D eigenvalue weighted by Gasteiger charge is -2.14. The third-order valence-corrected chi connectivity index (χ3v) is 6.15. The number of hydrogen-bond donors (Lipinski definition) is 0. The Balaban J connectivity index is 1.77. The van der Waals surface area contributed by atoms with E-state index in [9.17, 15) is 10.1 Å². The zero-order valence-corrected chi connectivity index (χ0v) is 17.6. The molecule has 10 heteroatoms. The Labute approximate surface area is 181 Å². The van der Waals surface area contributed by atoms with Gasteiger partial charge in [0.15, 0.2) is 0 Å². The van der Waals surface area contributed by atoms with E-state index in [0.29, 0.717) is 34.7 Å². The first-order valence-corrected chi connectivity index (χ1v) is 10.5. The highest BCUT2D eigenvalue weighted by molar-refractivity contribution is 6.32. The number of fused-ring (bicyclic) bond motifs is 3. The summed E-state index contributed by atoms with van der Waals surface area (Å²) in [6.07, 6.45) is 5.89. The molecule has 158 valence electrons. The molecule has 0 aliphatic heterocycles. The van der Waals surface area contributed by atoms with Crippen LogP contribution in [0.5, 0.6) is 0 Å². The molecule has 0 unspecified atom stereocenters. The first-order valence-electron chi connectivity index (χ1n) is 10.1. The van der Waals surface area contributed by atoms with Gasteiger partial charge in [-0.15, -0.1) is 0 Å². The van der Waals surface area contributed by atoms with Crippen LogP contribution in [-0.4, -0.2) is 37.8 Å². The third kappa shape index (κ3) is 3.10. The van der Waals surface area contributed by atoms with E-state index in [1.807, 2.05) is 0 Å². The quantitative estimate of drug-likeness (QED) is 0.468. The van der Waals surface area contributed by atoms with Crippen LogP contribution in [0.15, 0.2) is 27.8 Å². The molecule has 0 N–H and O–H groups in total. The van der Waals surface area contributed by atoms with Crippen molar-refractivity contribution in [1.82, 2.24) is 24.1 Å². The van der Waals surface area contributed by atoms with Crippen molar-refractivity contribution in [2.75, 3.05) is 13.7 Å². The maximum Gasteiger partial charge on any atom is 0.277 e. The van der Waals surface area contributed by atoms with Gasteiger partial charge in [-0.05, 0) is 25.0 Å². The van der Waals surface area contributed by atoms with Crippen LogP contribution in [-0.2, 0) is 11.3 Å². The number of hydrogen-bond acceptors (Lipinski definition) is 7. The highest BCUT2D eigenvalue weighted by atomic mass is 35.5. The van der Waals surface area contributed by atoms with Crippen molar-refractivity contribution in [2.45, 2.75) is 38.1 Å². The number of nitrogens with zero attached hydrogens (tertiary/aromatic N) is 6. The van der Waals surface area contributed by atoms with Crippen molar-refractivity contribution < 1.29 is 9.26 Å². The molecule has 1 aliphatic carbocycles. The van der Waals surface area contributed by atoms with Gasteiger partial charge in [-0.2, -0.15) is 10.2 Å². The average molecular weight is 439 g/mol. The second kappa shape index (κ2) is 7.80. The summed E-state index contributed by atoms with van der Waals surface area (Å²) in [6, 6.07) is 5.52. The summed E-state index contributed by atoms with van der Waals surface area (Å²) in [6.45, 7) is 0.543. The molecule has 0 bridgehead atoms. The maximum absolute atomic E-state index is 13.6. The topological polar surface area (TPSA) is 111 Å². The summed E-state index contributed by atoms with van der Waals surface area (Å²) in [5.41, 5.74) is 1.63. The van der Waals surface area contributed by atoms with Crippen LogP contribution in [0.3, 0.4) is 0 Å². The minimum Gasteiger partial charge on any atom is -0.383 e. The van der Waals surface area contributed by atoms with E-state index in [-0.39, 0.29) is 34.4 Å². The lowest BCUT2D eigenvalue weighted by atomic mass is 10.1. The van der Waals surface area contributed by atoms with Gasteiger partial charge in [0.05, 0.1) is 28.2 Å². The van der Waals surface area contributed by atoms with E-state index >= 15 is 0 Å². The van der Waals surface area contributed by atoms with Gasteiger partial charge in [0.2, 0.25) is 11.7 Å². The summed E-state index contributed by atoms with van der Waals surface area (Å²) < 4.78 is 13.8. The van der Waals surface area contributed by atoms with E-state index < -0.39 is 0 Å². The molecule has 4 aromatic rings. The lowest BCUT2D eigenvalue weighted by Crippen LogP contribution is -2.25. The van der Waals surface area contributed by atoms with Gasteiger partial charge in [-0.25, -0.2) is 4.98 Å². The smallest absolute Gasteiger partial charge is 0.277 e. The Morgan fingerprint density at radius 3 is 2.87 bits per heavy atom. The van der Waals surface area contributed by atoms with Crippen LogP contribution < -0.4 is 5.56 Å². The minimum atomic E-state index is -0.331. The highest BCUT2D eigenvalue weighted by Gasteiger charge is 2.26. The minimum absolute atomic E-state index is 0.229.